The first kappa shape index (κ1) is 15.2. The highest BCUT2D eigenvalue weighted by molar-refractivity contribution is 5.28. The molecule has 0 aromatic heterocycles. The van der Waals surface area contributed by atoms with Gasteiger partial charge in [-0.2, -0.15) is 0 Å². The van der Waals surface area contributed by atoms with E-state index in [2.05, 4.69) is 11.7 Å². The van der Waals surface area contributed by atoms with Crippen molar-refractivity contribution in [3.8, 4) is 5.75 Å². The van der Waals surface area contributed by atoms with Crippen molar-refractivity contribution in [1.82, 2.24) is 0 Å². The van der Waals surface area contributed by atoms with Crippen LogP contribution in [0.2, 0.25) is 0 Å². The largest absolute Gasteiger partial charge is 0.573 e. The molecule has 2 atom stereocenters. The summed E-state index contributed by atoms with van der Waals surface area (Å²) >= 11 is 0. The van der Waals surface area contributed by atoms with E-state index in [0.29, 0.717) is 12.3 Å². The number of benzene rings is 1. The highest BCUT2D eigenvalue weighted by atomic mass is 19.4. The van der Waals surface area contributed by atoms with Crippen LogP contribution in [-0.4, -0.2) is 11.9 Å². The summed E-state index contributed by atoms with van der Waals surface area (Å²) in [4.78, 5) is 0. The summed E-state index contributed by atoms with van der Waals surface area (Å²) in [6, 6.07) is 6.02. The van der Waals surface area contributed by atoms with Crippen LogP contribution in [0.1, 0.15) is 38.2 Å². The van der Waals surface area contributed by atoms with Crippen molar-refractivity contribution in [2.24, 2.45) is 11.7 Å². The first-order valence-corrected chi connectivity index (χ1v) is 6.92. The van der Waals surface area contributed by atoms with E-state index in [4.69, 9.17) is 5.73 Å². The van der Waals surface area contributed by atoms with E-state index in [1.807, 2.05) is 0 Å². The Morgan fingerprint density at radius 1 is 1.25 bits per heavy atom. The van der Waals surface area contributed by atoms with Crippen LogP contribution in [0.5, 0.6) is 5.75 Å². The number of nitrogens with two attached hydrogens (primary N) is 1. The van der Waals surface area contributed by atoms with Crippen molar-refractivity contribution in [2.75, 3.05) is 0 Å². The van der Waals surface area contributed by atoms with Crippen molar-refractivity contribution in [1.29, 1.82) is 0 Å². The topological polar surface area (TPSA) is 35.2 Å². The van der Waals surface area contributed by atoms with E-state index in [-0.39, 0.29) is 11.3 Å². The van der Waals surface area contributed by atoms with Crippen LogP contribution in [0.3, 0.4) is 0 Å². The maximum atomic E-state index is 12.1. The Kier molecular flexibility index (Phi) is 4.28. The van der Waals surface area contributed by atoms with E-state index >= 15 is 0 Å². The molecular weight excluding hydrogens is 267 g/mol. The lowest BCUT2D eigenvalue weighted by molar-refractivity contribution is -0.274. The fraction of sp³-hybridized carbons (Fsp3) is 0.600. The molecule has 1 aliphatic carbocycles. The summed E-state index contributed by atoms with van der Waals surface area (Å²) in [5.41, 5.74) is 7.17. The van der Waals surface area contributed by atoms with Crippen molar-refractivity contribution in [3.63, 3.8) is 0 Å². The van der Waals surface area contributed by atoms with Crippen LogP contribution in [-0.2, 0) is 6.42 Å². The second-order valence-electron chi connectivity index (χ2n) is 5.75. The second-order valence-corrected chi connectivity index (χ2v) is 5.75. The zero-order valence-corrected chi connectivity index (χ0v) is 11.5. The molecule has 0 heterocycles. The highest BCUT2D eigenvalue weighted by Gasteiger charge is 2.34. The smallest absolute Gasteiger partial charge is 0.406 e. The number of hydrogen-bond donors (Lipinski definition) is 1. The Labute approximate surface area is 117 Å². The predicted octanol–water partition coefficient (Wildman–Crippen LogP) is 4.04. The lowest BCUT2D eigenvalue weighted by atomic mass is 9.71. The quantitative estimate of drug-likeness (QED) is 0.910. The van der Waals surface area contributed by atoms with Crippen molar-refractivity contribution < 1.29 is 17.9 Å². The van der Waals surface area contributed by atoms with Gasteiger partial charge in [0.15, 0.2) is 0 Å². The maximum absolute atomic E-state index is 12.1. The molecule has 2 unspecified atom stereocenters. The summed E-state index contributed by atoms with van der Waals surface area (Å²) in [5, 5.41) is 0. The van der Waals surface area contributed by atoms with E-state index in [0.717, 1.165) is 24.8 Å². The van der Waals surface area contributed by atoms with E-state index in [9.17, 15) is 13.2 Å². The maximum Gasteiger partial charge on any atom is 0.573 e. The average molecular weight is 287 g/mol. The molecule has 2 nitrogen and oxygen atoms in total. The Balaban J connectivity index is 2.03. The minimum absolute atomic E-state index is 0.191. The van der Waals surface area contributed by atoms with Gasteiger partial charge in [-0.15, -0.1) is 13.2 Å². The summed E-state index contributed by atoms with van der Waals surface area (Å²) in [6.07, 6.45) is 0.463. The molecule has 5 heteroatoms. The molecule has 0 bridgehead atoms. The third-order valence-corrected chi connectivity index (χ3v) is 4.20. The summed E-state index contributed by atoms with van der Waals surface area (Å²) in [6.45, 7) is 2.15. The van der Waals surface area contributed by atoms with E-state index < -0.39 is 6.36 Å². The number of rotatable bonds is 3. The molecule has 1 aliphatic rings. The van der Waals surface area contributed by atoms with Crippen LogP contribution in [0.15, 0.2) is 24.3 Å². The second kappa shape index (κ2) is 5.64. The normalized spacial score (nSPS) is 27.4. The van der Waals surface area contributed by atoms with Gasteiger partial charge in [-0.1, -0.05) is 31.9 Å². The number of ether oxygens (including phenoxy) is 1. The fourth-order valence-electron chi connectivity index (χ4n) is 2.89. The van der Waals surface area contributed by atoms with E-state index in [1.54, 1.807) is 12.1 Å². The van der Waals surface area contributed by atoms with Gasteiger partial charge in [0.2, 0.25) is 0 Å². The first-order chi connectivity index (χ1) is 9.28. The standard InChI is InChI=1S/C15H20F3NO/c1-11-4-2-3-9-14(11,19)10-12-5-7-13(8-6-12)20-15(16,17)18/h5-8,11H,2-4,9-10,19H2,1H3. The molecule has 2 N–H and O–H groups in total. The molecule has 112 valence electrons. The van der Waals surface area contributed by atoms with Gasteiger partial charge in [0.1, 0.15) is 5.75 Å². The van der Waals surface area contributed by atoms with Crippen LogP contribution in [0, 0.1) is 5.92 Å². The number of hydrogen-bond acceptors (Lipinski definition) is 2. The molecule has 0 radical (unpaired) electrons. The van der Waals surface area contributed by atoms with Crippen LogP contribution in [0.4, 0.5) is 13.2 Å². The molecule has 1 aromatic carbocycles. The third kappa shape index (κ3) is 3.88. The molecule has 1 saturated carbocycles. The summed E-state index contributed by atoms with van der Waals surface area (Å²) < 4.78 is 40.1. The molecule has 1 fully saturated rings. The molecule has 2 rings (SSSR count). The molecule has 0 aliphatic heterocycles. The first-order valence-electron chi connectivity index (χ1n) is 6.92. The Hall–Kier alpha value is -1.23. The predicted molar refractivity (Wildman–Crippen MR) is 71.4 cm³/mol. The van der Waals surface area contributed by atoms with Gasteiger partial charge in [0.25, 0.3) is 0 Å². The van der Waals surface area contributed by atoms with Gasteiger partial charge in [-0.25, -0.2) is 0 Å². The fourth-order valence-corrected chi connectivity index (χ4v) is 2.89. The minimum Gasteiger partial charge on any atom is -0.406 e. The summed E-state index contributed by atoms with van der Waals surface area (Å²) in [5.74, 6) is 0.242. The summed E-state index contributed by atoms with van der Waals surface area (Å²) in [7, 11) is 0. The highest BCUT2D eigenvalue weighted by Crippen LogP contribution is 2.34. The van der Waals surface area contributed by atoms with Crippen molar-refractivity contribution in [2.45, 2.75) is 50.9 Å². The molecule has 1 aromatic rings. The van der Waals surface area contributed by atoms with Crippen LogP contribution < -0.4 is 10.5 Å². The van der Waals surface area contributed by atoms with Gasteiger partial charge in [0.05, 0.1) is 0 Å². The van der Waals surface area contributed by atoms with Gasteiger partial charge in [-0.05, 0) is 42.9 Å². The molecular formula is C15H20F3NO. The van der Waals surface area contributed by atoms with Gasteiger partial charge < -0.3 is 10.5 Å². The Bertz CT molecular complexity index is 443. The minimum atomic E-state index is -4.64. The average Bonchev–Trinajstić information content (AvgIpc) is 2.34. The van der Waals surface area contributed by atoms with E-state index in [1.165, 1.54) is 18.6 Å². The zero-order chi connectivity index (χ0) is 14.8. The number of halogens is 3. The third-order valence-electron chi connectivity index (χ3n) is 4.20. The Morgan fingerprint density at radius 2 is 1.90 bits per heavy atom. The zero-order valence-electron chi connectivity index (χ0n) is 11.5. The Morgan fingerprint density at radius 3 is 2.45 bits per heavy atom. The SMILES string of the molecule is CC1CCCCC1(N)Cc1ccc(OC(F)(F)F)cc1. The lowest BCUT2D eigenvalue weighted by Crippen LogP contribution is -2.49. The van der Waals surface area contributed by atoms with Crippen molar-refractivity contribution in [3.05, 3.63) is 29.8 Å². The lowest BCUT2D eigenvalue weighted by Gasteiger charge is -2.39. The van der Waals surface area contributed by atoms with Crippen LogP contribution in [0.25, 0.3) is 0 Å². The van der Waals surface area contributed by atoms with Gasteiger partial charge in [0, 0.05) is 5.54 Å². The van der Waals surface area contributed by atoms with Crippen LogP contribution >= 0.6 is 0 Å². The monoisotopic (exact) mass is 287 g/mol. The molecule has 0 spiro atoms. The van der Waals surface area contributed by atoms with Crippen molar-refractivity contribution >= 4 is 0 Å². The molecule has 20 heavy (non-hydrogen) atoms. The molecule has 0 amide bonds. The molecule has 0 saturated heterocycles. The number of alkyl halides is 3. The van der Waals surface area contributed by atoms with Gasteiger partial charge in [-0.3, -0.25) is 0 Å². The van der Waals surface area contributed by atoms with Gasteiger partial charge >= 0.3 is 6.36 Å².